The first-order chi connectivity index (χ1) is 9.83. The van der Waals surface area contributed by atoms with Crippen LogP contribution in [-0.4, -0.2) is 61.0 Å². The molecule has 0 aromatic carbocycles. The van der Waals surface area contributed by atoms with E-state index in [1.165, 1.54) is 51.6 Å². The normalized spacial score (nSPS) is 27.1. The molecule has 3 aliphatic rings. The first-order valence-electron chi connectivity index (χ1n) is 8.55. The Labute approximate surface area is 147 Å². The van der Waals surface area contributed by atoms with Crippen LogP contribution < -0.4 is 5.32 Å². The van der Waals surface area contributed by atoms with E-state index in [9.17, 15) is 4.79 Å². The molecule has 130 valence electrons. The van der Waals surface area contributed by atoms with Crippen LogP contribution >= 0.6 is 24.8 Å². The number of amides is 1. The summed E-state index contributed by atoms with van der Waals surface area (Å²) < 4.78 is 0. The van der Waals surface area contributed by atoms with Crippen LogP contribution in [0.5, 0.6) is 0 Å². The summed E-state index contributed by atoms with van der Waals surface area (Å²) in [7, 11) is 0. The number of nitrogens with zero attached hydrogens (tertiary/aromatic N) is 2. The standard InChI is InChI=1S/C16H29N3O.2ClH/c20-16(12-14-4-7-17-13-14)19-10-5-15(6-11-19)18-8-2-1-3-9-18;;/h14-15,17H,1-13H2;2*1H. The fourth-order valence-electron chi connectivity index (χ4n) is 4.03. The lowest BCUT2D eigenvalue weighted by Gasteiger charge is -2.40. The van der Waals surface area contributed by atoms with Crippen LogP contribution in [0.1, 0.15) is 44.9 Å². The molecule has 3 aliphatic heterocycles. The maximum absolute atomic E-state index is 12.3. The van der Waals surface area contributed by atoms with Crippen molar-refractivity contribution in [2.45, 2.75) is 51.0 Å². The van der Waals surface area contributed by atoms with E-state index in [0.29, 0.717) is 11.8 Å². The van der Waals surface area contributed by atoms with Gasteiger partial charge in [0, 0.05) is 25.6 Å². The van der Waals surface area contributed by atoms with Crippen LogP contribution in [0.15, 0.2) is 0 Å². The van der Waals surface area contributed by atoms with Crippen LogP contribution in [-0.2, 0) is 4.79 Å². The number of hydrogen-bond donors (Lipinski definition) is 1. The van der Waals surface area contributed by atoms with Crippen LogP contribution in [0.25, 0.3) is 0 Å². The molecule has 0 aromatic heterocycles. The molecule has 0 aliphatic carbocycles. The second kappa shape index (κ2) is 9.96. The molecule has 3 fully saturated rings. The number of carbonyl (C=O) groups excluding carboxylic acids is 1. The highest BCUT2D eigenvalue weighted by molar-refractivity contribution is 5.85. The van der Waals surface area contributed by atoms with Gasteiger partial charge in [-0.25, -0.2) is 0 Å². The molecule has 3 saturated heterocycles. The summed E-state index contributed by atoms with van der Waals surface area (Å²) in [5, 5.41) is 3.35. The zero-order valence-corrected chi connectivity index (χ0v) is 15.1. The maximum atomic E-state index is 12.3. The quantitative estimate of drug-likeness (QED) is 0.847. The molecule has 6 heteroatoms. The Morgan fingerprint density at radius 3 is 2.23 bits per heavy atom. The molecule has 0 radical (unpaired) electrons. The molecule has 0 spiro atoms. The average molecular weight is 352 g/mol. The van der Waals surface area contributed by atoms with Gasteiger partial charge in [-0.2, -0.15) is 0 Å². The Balaban J connectivity index is 0.00000121. The Morgan fingerprint density at radius 1 is 0.955 bits per heavy atom. The van der Waals surface area contributed by atoms with E-state index in [1.807, 2.05) is 0 Å². The zero-order valence-electron chi connectivity index (χ0n) is 13.5. The van der Waals surface area contributed by atoms with Crippen molar-refractivity contribution in [3.05, 3.63) is 0 Å². The van der Waals surface area contributed by atoms with Gasteiger partial charge >= 0.3 is 0 Å². The number of hydrogen-bond acceptors (Lipinski definition) is 3. The number of likely N-dealkylation sites (tertiary alicyclic amines) is 2. The Bertz CT molecular complexity index is 323. The lowest BCUT2D eigenvalue weighted by atomic mass is 9.98. The molecule has 4 nitrogen and oxygen atoms in total. The van der Waals surface area contributed by atoms with Crippen LogP contribution in [0.2, 0.25) is 0 Å². The van der Waals surface area contributed by atoms with Crippen LogP contribution in [0.4, 0.5) is 0 Å². The second-order valence-corrected chi connectivity index (χ2v) is 6.77. The van der Waals surface area contributed by atoms with Crippen molar-refractivity contribution >= 4 is 30.7 Å². The van der Waals surface area contributed by atoms with Gasteiger partial charge in [-0.1, -0.05) is 6.42 Å². The third kappa shape index (κ3) is 5.26. The molecule has 1 atom stereocenters. The fourth-order valence-corrected chi connectivity index (χ4v) is 4.03. The number of nitrogens with one attached hydrogen (secondary N) is 1. The summed E-state index contributed by atoms with van der Waals surface area (Å²) >= 11 is 0. The summed E-state index contributed by atoms with van der Waals surface area (Å²) in [4.78, 5) is 17.1. The minimum Gasteiger partial charge on any atom is -0.343 e. The molecule has 22 heavy (non-hydrogen) atoms. The zero-order chi connectivity index (χ0) is 13.8. The van der Waals surface area contributed by atoms with Crippen molar-refractivity contribution in [1.29, 1.82) is 0 Å². The largest absolute Gasteiger partial charge is 0.343 e. The SMILES string of the molecule is Cl.Cl.O=C(CC1CCNC1)N1CCC(N2CCCCC2)CC1. The molecule has 1 N–H and O–H groups in total. The van der Waals surface area contributed by atoms with E-state index < -0.39 is 0 Å². The van der Waals surface area contributed by atoms with E-state index in [-0.39, 0.29) is 24.8 Å². The van der Waals surface area contributed by atoms with Gasteiger partial charge in [-0.05, 0) is 64.2 Å². The van der Waals surface area contributed by atoms with E-state index in [1.54, 1.807) is 0 Å². The summed E-state index contributed by atoms with van der Waals surface area (Å²) in [6.45, 7) is 6.67. The molecule has 3 heterocycles. The van der Waals surface area contributed by atoms with Gasteiger partial charge < -0.3 is 15.1 Å². The highest BCUT2D eigenvalue weighted by Gasteiger charge is 2.28. The predicted molar refractivity (Wildman–Crippen MR) is 95.1 cm³/mol. The Hall–Kier alpha value is -0.0300. The molecule has 1 unspecified atom stereocenters. The predicted octanol–water partition coefficient (Wildman–Crippen LogP) is 2.31. The van der Waals surface area contributed by atoms with Crippen molar-refractivity contribution < 1.29 is 4.79 Å². The van der Waals surface area contributed by atoms with Crippen molar-refractivity contribution in [1.82, 2.24) is 15.1 Å². The summed E-state index contributed by atoms with van der Waals surface area (Å²) in [5.74, 6) is 0.984. The molecule has 0 aromatic rings. The Morgan fingerprint density at radius 2 is 1.64 bits per heavy atom. The van der Waals surface area contributed by atoms with Crippen molar-refractivity contribution in [2.75, 3.05) is 39.3 Å². The lowest BCUT2D eigenvalue weighted by molar-refractivity contribution is -0.133. The molecular weight excluding hydrogens is 321 g/mol. The average Bonchev–Trinajstić information content (AvgIpc) is 3.01. The first kappa shape index (κ1) is 20.0. The smallest absolute Gasteiger partial charge is 0.222 e. The minimum atomic E-state index is 0. The van der Waals surface area contributed by atoms with Gasteiger partial charge in [-0.15, -0.1) is 24.8 Å². The van der Waals surface area contributed by atoms with E-state index >= 15 is 0 Å². The molecule has 0 saturated carbocycles. The summed E-state index contributed by atoms with van der Waals surface area (Å²) in [5.41, 5.74) is 0. The topological polar surface area (TPSA) is 35.6 Å². The minimum absolute atomic E-state index is 0. The first-order valence-corrected chi connectivity index (χ1v) is 8.55. The van der Waals surface area contributed by atoms with Crippen molar-refractivity contribution in [3.63, 3.8) is 0 Å². The highest BCUT2D eigenvalue weighted by atomic mass is 35.5. The molecule has 3 rings (SSSR count). The summed E-state index contributed by atoms with van der Waals surface area (Å²) in [6.07, 6.45) is 8.46. The molecular formula is C16H31Cl2N3O. The lowest BCUT2D eigenvalue weighted by Crippen LogP contribution is -2.48. The van der Waals surface area contributed by atoms with Gasteiger partial charge in [-0.3, -0.25) is 4.79 Å². The number of piperidine rings is 2. The van der Waals surface area contributed by atoms with Gasteiger partial charge in [0.25, 0.3) is 0 Å². The second-order valence-electron chi connectivity index (χ2n) is 6.77. The fraction of sp³-hybridized carbons (Fsp3) is 0.938. The summed E-state index contributed by atoms with van der Waals surface area (Å²) in [6, 6.07) is 0.743. The van der Waals surface area contributed by atoms with Gasteiger partial charge in [0.2, 0.25) is 5.91 Å². The van der Waals surface area contributed by atoms with Gasteiger partial charge in [0.05, 0.1) is 0 Å². The monoisotopic (exact) mass is 351 g/mol. The number of halogens is 2. The maximum Gasteiger partial charge on any atom is 0.222 e. The van der Waals surface area contributed by atoms with Crippen LogP contribution in [0, 0.1) is 5.92 Å². The molecule has 0 bridgehead atoms. The van der Waals surface area contributed by atoms with E-state index in [0.717, 1.165) is 38.6 Å². The van der Waals surface area contributed by atoms with E-state index in [4.69, 9.17) is 0 Å². The van der Waals surface area contributed by atoms with Crippen molar-refractivity contribution in [2.24, 2.45) is 5.92 Å². The number of carbonyl (C=O) groups is 1. The van der Waals surface area contributed by atoms with Crippen molar-refractivity contribution in [3.8, 4) is 0 Å². The third-order valence-electron chi connectivity index (χ3n) is 5.35. The number of rotatable bonds is 3. The third-order valence-corrected chi connectivity index (χ3v) is 5.35. The van der Waals surface area contributed by atoms with Crippen LogP contribution in [0.3, 0.4) is 0 Å². The Kier molecular flexibility index (Phi) is 9.07. The van der Waals surface area contributed by atoms with Gasteiger partial charge in [0.15, 0.2) is 0 Å². The van der Waals surface area contributed by atoms with Gasteiger partial charge in [0.1, 0.15) is 0 Å². The van der Waals surface area contributed by atoms with E-state index in [2.05, 4.69) is 15.1 Å². The highest BCUT2D eigenvalue weighted by Crippen LogP contribution is 2.22. The molecule has 1 amide bonds.